The molecule has 1 saturated heterocycles. The van der Waals surface area contributed by atoms with E-state index in [0.717, 1.165) is 19.5 Å². The van der Waals surface area contributed by atoms with Gasteiger partial charge in [-0.15, -0.1) is 0 Å². The molecule has 1 aliphatic rings. The highest BCUT2D eigenvalue weighted by Crippen LogP contribution is 2.21. The molecule has 0 aromatic rings. The first kappa shape index (κ1) is 8.53. The first-order valence-corrected chi connectivity index (χ1v) is 4.20. The molecule has 0 aromatic heterocycles. The number of hydrogen-bond acceptors (Lipinski definition) is 2. The summed E-state index contributed by atoms with van der Waals surface area (Å²) in [6.45, 7) is 3.74. The van der Waals surface area contributed by atoms with Gasteiger partial charge in [-0.2, -0.15) is 0 Å². The van der Waals surface area contributed by atoms with Crippen molar-refractivity contribution in [3.05, 3.63) is 0 Å². The average Bonchev–Trinajstić information content (AvgIpc) is 2.36. The third kappa shape index (κ3) is 2.19. The van der Waals surface area contributed by atoms with Crippen LogP contribution in [0.1, 0.15) is 19.8 Å². The van der Waals surface area contributed by atoms with E-state index in [4.69, 9.17) is 5.73 Å². The van der Waals surface area contributed by atoms with E-state index in [9.17, 15) is 4.79 Å². The molecule has 11 heavy (non-hydrogen) atoms. The van der Waals surface area contributed by atoms with Gasteiger partial charge in [-0.1, -0.05) is 6.92 Å². The third-order valence-corrected chi connectivity index (χ3v) is 2.44. The van der Waals surface area contributed by atoms with Crippen LogP contribution < -0.4 is 11.1 Å². The monoisotopic (exact) mass is 156 g/mol. The van der Waals surface area contributed by atoms with Gasteiger partial charge in [0.2, 0.25) is 5.91 Å². The van der Waals surface area contributed by atoms with E-state index < -0.39 is 0 Å². The van der Waals surface area contributed by atoms with Gasteiger partial charge >= 0.3 is 0 Å². The predicted octanol–water partition coefficient (Wildman–Crippen LogP) is 0.107. The molecule has 1 amide bonds. The summed E-state index contributed by atoms with van der Waals surface area (Å²) in [5.41, 5.74) is 5.43. The van der Waals surface area contributed by atoms with Crippen LogP contribution in [0.4, 0.5) is 0 Å². The molecular formula is C8H16N2O. The molecule has 64 valence electrons. The maximum atomic E-state index is 10.8. The van der Waals surface area contributed by atoms with Crippen molar-refractivity contribution in [2.24, 2.45) is 17.6 Å². The van der Waals surface area contributed by atoms with Crippen LogP contribution in [0.2, 0.25) is 0 Å². The molecule has 0 bridgehead atoms. The highest BCUT2D eigenvalue weighted by molar-refractivity contribution is 5.78. The number of carbonyl (C=O) groups is 1. The van der Waals surface area contributed by atoms with E-state index in [1.807, 2.05) is 0 Å². The Bertz CT molecular complexity index is 147. The Kier molecular flexibility index (Phi) is 2.88. The molecule has 2 atom stereocenters. The van der Waals surface area contributed by atoms with Gasteiger partial charge in [0.05, 0.1) is 0 Å². The van der Waals surface area contributed by atoms with Crippen molar-refractivity contribution >= 4 is 5.91 Å². The van der Waals surface area contributed by atoms with E-state index in [-0.39, 0.29) is 5.91 Å². The van der Waals surface area contributed by atoms with E-state index in [1.165, 1.54) is 0 Å². The predicted molar refractivity (Wildman–Crippen MR) is 44.0 cm³/mol. The lowest BCUT2D eigenvalue weighted by Crippen LogP contribution is -2.18. The maximum Gasteiger partial charge on any atom is 0.220 e. The molecule has 1 heterocycles. The Labute approximate surface area is 67.3 Å². The van der Waals surface area contributed by atoms with E-state index >= 15 is 0 Å². The van der Waals surface area contributed by atoms with Gasteiger partial charge < -0.3 is 11.1 Å². The highest BCUT2D eigenvalue weighted by atomic mass is 16.1. The number of amides is 1. The molecule has 2 unspecified atom stereocenters. The Morgan fingerprint density at radius 2 is 2.55 bits per heavy atom. The van der Waals surface area contributed by atoms with Gasteiger partial charge in [-0.3, -0.25) is 4.79 Å². The average molecular weight is 156 g/mol. The maximum absolute atomic E-state index is 10.8. The number of hydrogen-bond donors (Lipinski definition) is 2. The second kappa shape index (κ2) is 3.72. The van der Waals surface area contributed by atoms with Gasteiger partial charge in [0.25, 0.3) is 0 Å². The molecule has 0 saturated carbocycles. The summed E-state index contributed by atoms with van der Waals surface area (Å²) in [4.78, 5) is 10.8. The van der Waals surface area contributed by atoms with Crippen molar-refractivity contribution in [3.8, 4) is 0 Å². The molecule has 1 aliphatic heterocycles. The van der Waals surface area contributed by atoms with Crippen molar-refractivity contribution in [3.63, 3.8) is 0 Å². The summed E-state index contributed by atoms with van der Waals surface area (Å²) in [6, 6.07) is 0. The Balaban J connectivity index is 2.30. The SMILES string of the molecule is CC(CCN)C1CNC(=O)C1. The van der Waals surface area contributed by atoms with Gasteiger partial charge in [0, 0.05) is 13.0 Å². The molecule has 3 nitrogen and oxygen atoms in total. The van der Waals surface area contributed by atoms with Crippen LogP contribution in [0.5, 0.6) is 0 Å². The number of carbonyl (C=O) groups excluding carboxylic acids is 1. The Hall–Kier alpha value is -0.570. The van der Waals surface area contributed by atoms with E-state index in [2.05, 4.69) is 12.2 Å². The van der Waals surface area contributed by atoms with Gasteiger partial charge in [0.1, 0.15) is 0 Å². The quantitative estimate of drug-likeness (QED) is 0.609. The molecule has 3 heteroatoms. The van der Waals surface area contributed by atoms with Crippen molar-refractivity contribution < 1.29 is 4.79 Å². The zero-order chi connectivity index (χ0) is 8.27. The fraction of sp³-hybridized carbons (Fsp3) is 0.875. The number of nitrogens with two attached hydrogens (primary N) is 1. The third-order valence-electron chi connectivity index (χ3n) is 2.44. The summed E-state index contributed by atoms with van der Waals surface area (Å²) in [6.07, 6.45) is 1.72. The van der Waals surface area contributed by atoms with Gasteiger partial charge in [0.15, 0.2) is 0 Å². The lowest BCUT2D eigenvalue weighted by molar-refractivity contribution is -0.119. The molecular weight excluding hydrogens is 140 g/mol. The molecule has 1 fully saturated rings. The summed E-state index contributed by atoms with van der Waals surface area (Å²) in [5.74, 6) is 1.30. The van der Waals surface area contributed by atoms with Crippen LogP contribution in [0.3, 0.4) is 0 Å². The zero-order valence-electron chi connectivity index (χ0n) is 6.97. The summed E-state index contributed by atoms with van der Waals surface area (Å²) in [7, 11) is 0. The van der Waals surface area contributed by atoms with Gasteiger partial charge in [-0.25, -0.2) is 0 Å². The minimum Gasteiger partial charge on any atom is -0.356 e. The molecule has 3 N–H and O–H groups in total. The van der Waals surface area contributed by atoms with Crippen LogP contribution >= 0.6 is 0 Å². The lowest BCUT2D eigenvalue weighted by atomic mass is 9.90. The Morgan fingerprint density at radius 1 is 1.82 bits per heavy atom. The molecule has 0 spiro atoms. The van der Waals surface area contributed by atoms with Crippen LogP contribution in [0.15, 0.2) is 0 Å². The summed E-state index contributed by atoms with van der Waals surface area (Å²) >= 11 is 0. The second-order valence-corrected chi connectivity index (χ2v) is 3.32. The van der Waals surface area contributed by atoms with Crippen molar-refractivity contribution in [1.29, 1.82) is 0 Å². The first-order chi connectivity index (χ1) is 5.24. The Morgan fingerprint density at radius 3 is 3.00 bits per heavy atom. The molecule has 0 radical (unpaired) electrons. The summed E-state index contributed by atoms with van der Waals surface area (Å²) < 4.78 is 0. The normalized spacial score (nSPS) is 26.7. The molecule has 0 aliphatic carbocycles. The van der Waals surface area contributed by atoms with Gasteiger partial charge in [-0.05, 0) is 24.8 Å². The minimum absolute atomic E-state index is 0.193. The topological polar surface area (TPSA) is 55.1 Å². The van der Waals surface area contributed by atoms with Crippen LogP contribution in [-0.2, 0) is 4.79 Å². The molecule has 1 rings (SSSR count). The number of rotatable bonds is 3. The van der Waals surface area contributed by atoms with Crippen molar-refractivity contribution in [1.82, 2.24) is 5.32 Å². The fourth-order valence-electron chi connectivity index (χ4n) is 1.53. The van der Waals surface area contributed by atoms with Crippen molar-refractivity contribution in [2.75, 3.05) is 13.1 Å². The standard InChI is InChI=1S/C8H16N2O/c1-6(2-3-9)7-4-8(11)10-5-7/h6-7H,2-5,9H2,1H3,(H,10,11). The van der Waals surface area contributed by atoms with E-state index in [1.54, 1.807) is 0 Å². The molecule has 0 aromatic carbocycles. The fourth-order valence-corrected chi connectivity index (χ4v) is 1.53. The minimum atomic E-state index is 0.193. The highest BCUT2D eigenvalue weighted by Gasteiger charge is 2.25. The van der Waals surface area contributed by atoms with Crippen LogP contribution in [0, 0.1) is 11.8 Å². The van der Waals surface area contributed by atoms with E-state index in [0.29, 0.717) is 18.3 Å². The lowest BCUT2D eigenvalue weighted by Gasteiger charge is -2.15. The van der Waals surface area contributed by atoms with Crippen molar-refractivity contribution in [2.45, 2.75) is 19.8 Å². The van der Waals surface area contributed by atoms with Crippen LogP contribution in [-0.4, -0.2) is 19.0 Å². The smallest absolute Gasteiger partial charge is 0.220 e. The largest absolute Gasteiger partial charge is 0.356 e. The number of nitrogens with one attached hydrogen (secondary N) is 1. The second-order valence-electron chi connectivity index (χ2n) is 3.32. The first-order valence-electron chi connectivity index (χ1n) is 4.20. The van der Waals surface area contributed by atoms with Crippen LogP contribution in [0.25, 0.3) is 0 Å². The zero-order valence-corrected chi connectivity index (χ0v) is 6.97. The summed E-state index contributed by atoms with van der Waals surface area (Å²) in [5, 5.41) is 2.83.